The molecule has 3 aliphatic rings. The van der Waals surface area contributed by atoms with E-state index in [0.717, 1.165) is 46.1 Å². The van der Waals surface area contributed by atoms with Gasteiger partial charge in [-0.3, -0.25) is 9.69 Å². The molecule has 1 atom stereocenters. The number of benzene rings is 2. The number of piperidine rings is 2. The summed E-state index contributed by atoms with van der Waals surface area (Å²) >= 11 is 1.55. The molecular formula is C25H27FN2O2S. The molecule has 6 rings (SSSR count). The summed E-state index contributed by atoms with van der Waals surface area (Å²) in [6, 6.07) is 17.4. The highest BCUT2D eigenvalue weighted by Gasteiger charge is 2.42. The Hall–Kier alpha value is -2.57. The minimum atomic E-state index is -0.214. The Morgan fingerprint density at radius 1 is 1.13 bits per heavy atom. The van der Waals surface area contributed by atoms with Crippen LogP contribution >= 0.6 is 11.3 Å². The number of hydrogen-bond donors (Lipinski definition) is 0. The van der Waals surface area contributed by atoms with Crippen molar-refractivity contribution in [1.29, 1.82) is 0 Å². The molecule has 162 valence electrons. The number of nitrogens with zero attached hydrogens (tertiary/aromatic N) is 2. The molecule has 3 fully saturated rings. The van der Waals surface area contributed by atoms with Crippen LogP contribution in [0.3, 0.4) is 0 Å². The lowest BCUT2D eigenvalue weighted by Gasteiger charge is -2.52. The number of aryl methyl sites for hydroxylation is 1. The molecule has 1 unspecified atom stereocenters. The quantitative estimate of drug-likeness (QED) is 0.485. The van der Waals surface area contributed by atoms with Crippen molar-refractivity contribution in [2.75, 3.05) is 13.7 Å². The fraction of sp³-hybridized carbons (Fsp3) is 0.360. The van der Waals surface area contributed by atoms with Gasteiger partial charge in [-0.15, -0.1) is 11.3 Å². The lowest BCUT2D eigenvalue weighted by atomic mass is 9.71. The lowest BCUT2D eigenvalue weighted by molar-refractivity contribution is -0.0294. The maximum absolute atomic E-state index is 12.7. The van der Waals surface area contributed by atoms with E-state index in [4.69, 9.17) is 4.74 Å². The molecule has 6 heteroatoms. The molecule has 4 nitrogen and oxygen atoms in total. The third-order valence-electron chi connectivity index (χ3n) is 6.13. The number of likely N-dealkylation sites (N-methyl/N-ethyl adjacent to an activating group) is 1. The van der Waals surface area contributed by atoms with Gasteiger partial charge in [-0.05, 0) is 69.0 Å². The van der Waals surface area contributed by atoms with Crippen molar-refractivity contribution in [3.63, 3.8) is 0 Å². The van der Waals surface area contributed by atoms with Crippen LogP contribution in [0.25, 0.3) is 10.4 Å². The summed E-state index contributed by atoms with van der Waals surface area (Å²) in [4.78, 5) is 18.3. The number of rotatable bonds is 5. The van der Waals surface area contributed by atoms with Crippen LogP contribution < -0.4 is 4.74 Å². The van der Waals surface area contributed by atoms with Crippen LogP contribution in [-0.2, 0) is 0 Å². The van der Waals surface area contributed by atoms with E-state index in [2.05, 4.69) is 16.9 Å². The Morgan fingerprint density at radius 3 is 2.48 bits per heavy atom. The van der Waals surface area contributed by atoms with Crippen LogP contribution in [0.5, 0.6) is 5.75 Å². The fourth-order valence-electron chi connectivity index (χ4n) is 4.30. The summed E-state index contributed by atoms with van der Waals surface area (Å²) in [7, 11) is 2.19. The smallest absolute Gasteiger partial charge is 0.169 e. The van der Waals surface area contributed by atoms with E-state index >= 15 is 0 Å². The van der Waals surface area contributed by atoms with Crippen LogP contribution in [-0.4, -0.2) is 41.9 Å². The van der Waals surface area contributed by atoms with Gasteiger partial charge in [-0.2, -0.15) is 0 Å². The van der Waals surface area contributed by atoms with Gasteiger partial charge in [0.05, 0.1) is 9.88 Å². The predicted molar refractivity (Wildman–Crippen MR) is 122 cm³/mol. The van der Waals surface area contributed by atoms with Gasteiger partial charge in [0, 0.05) is 12.1 Å². The zero-order valence-corrected chi connectivity index (χ0v) is 18.6. The summed E-state index contributed by atoms with van der Waals surface area (Å²) in [5.74, 6) is 1.46. The second-order valence-electron chi connectivity index (χ2n) is 8.24. The molecule has 0 N–H and O–H groups in total. The molecule has 2 bridgehead atoms. The standard InChI is InChI=1S/C14H18FNO.C11H9NOS/c1-16-12-6-10(7-12)8-13(16)9-17-14-4-2-11(15)3-5-14;1-8-12-10(7-13)11(14-8)9-5-3-2-4-6-9/h2-5,10,12-13H,6-9H2,1H3;2-7H,1H3. The predicted octanol–water partition coefficient (Wildman–Crippen LogP) is 5.62. The van der Waals surface area contributed by atoms with Gasteiger partial charge in [0.2, 0.25) is 0 Å². The topological polar surface area (TPSA) is 42.4 Å². The summed E-state index contributed by atoms with van der Waals surface area (Å²) in [5.41, 5.74) is 1.60. The average molecular weight is 439 g/mol. The molecule has 1 saturated carbocycles. The maximum atomic E-state index is 12.7. The number of aldehydes is 1. The molecule has 2 saturated heterocycles. The number of aromatic nitrogens is 1. The van der Waals surface area contributed by atoms with Gasteiger partial charge >= 0.3 is 0 Å². The molecule has 1 aliphatic carbocycles. The van der Waals surface area contributed by atoms with Crippen LogP contribution in [0.15, 0.2) is 54.6 Å². The van der Waals surface area contributed by atoms with Gasteiger partial charge in [-0.25, -0.2) is 9.37 Å². The van der Waals surface area contributed by atoms with Gasteiger partial charge < -0.3 is 4.74 Å². The van der Waals surface area contributed by atoms with E-state index in [1.165, 1.54) is 31.4 Å². The van der Waals surface area contributed by atoms with Gasteiger partial charge in [0.15, 0.2) is 6.29 Å². The number of carbonyl (C=O) groups excluding carboxylic acids is 1. The normalized spacial score (nSPS) is 22.1. The first-order valence-corrected chi connectivity index (χ1v) is 11.4. The number of ether oxygens (including phenoxy) is 1. The van der Waals surface area contributed by atoms with Crippen LogP contribution in [0.1, 0.15) is 34.8 Å². The molecule has 3 heterocycles. The van der Waals surface area contributed by atoms with Crippen molar-refractivity contribution in [3.8, 4) is 16.2 Å². The molecule has 3 aromatic rings. The third kappa shape index (κ3) is 5.20. The largest absolute Gasteiger partial charge is 0.492 e. The number of carbonyl (C=O) groups is 1. The lowest BCUT2D eigenvalue weighted by Crippen LogP contribution is -2.56. The van der Waals surface area contributed by atoms with Crippen molar-refractivity contribution >= 4 is 17.6 Å². The van der Waals surface area contributed by atoms with Gasteiger partial charge in [-0.1, -0.05) is 30.3 Å². The number of thiazole rings is 1. The molecule has 31 heavy (non-hydrogen) atoms. The SMILES string of the molecule is CN1C(COc2ccc(F)cc2)CC2CC1C2.Cc1nc(C=O)c(-c2ccccc2)s1. The zero-order chi connectivity index (χ0) is 21.8. The Balaban J connectivity index is 0.000000152. The van der Waals surface area contributed by atoms with E-state index in [9.17, 15) is 9.18 Å². The Kier molecular flexibility index (Phi) is 6.78. The second-order valence-corrected chi connectivity index (χ2v) is 9.45. The third-order valence-corrected chi connectivity index (χ3v) is 7.17. The summed E-state index contributed by atoms with van der Waals surface area (Å²) < 4.78 is 18.5. The van der Waals surface area contributed by atoms with Crippen molar-refractivity contribution < 1.29 is 13.9 Å². The molecule has 0 amide bonds. The summed E-state index contributed by atoms with van der Waals surface area (Å²) in [6.07, 6.45) is 4.78. The first kappa shape index (κ1) is 21.7. The second kappa shape index (κ2) is 9.71. The first-order valence-electron chi connectivity index (χ1n) is 10.6. The van der Waals surface area contributed by atoms with E-state index < -0.39 is 0 Å². The van der Waals surface area contributed by atoms with Crippen molar-refractivity contribution in [2.45, 2.75) is 38.3 Å². The van der Waals surface area contributed by atoms with Crippen LogP contribution in [0, 0.1) is 18.7 Å². The molecule has 0 spiro atoms. The minimum Gasteiger partial charge on any atom is -0.492 e. The molecular weight excluding hydrogens is 411 g/mol. The highest BCUT2D eigenvalue weighted by atomic mass is 32.1. The zero-order valence-electron chi connectivity index (χ0n) is 17.8. The highest BCUT2D eigenvalue weighted by Crippen LogP contribution is 2.41. The van der Waals surface area contributed by atoms with Crippen molar-refractivity contribution in [3.05, 3.63) is 71.1 Å². The average Bonchev–Trinajstić information content (AvgIpc) is 3.15. The monoisotopic (exact) mass is 438 g/mol. The molecule has 2 aliphatic heterocycles. The first-order chi connectivity index (χ1) is 15.0. The van der Waals surface area contributed by atoms with Crippen molar-refractivity contribution in [1.82, 2.24) is 9.88 Å². The highest BCUT2D eigenvalue weighted by molar-refractivity contribution is 7.15. The van der Waals surface area contributed by atoms with Gasteiger partial charge in [0.1, 0.15) is 23.9 Å². The molecule has 1 aromatic heterocycles. The van der Waals surface area contributed by atoms with E-state index in [0.29, 0.717) is 11.7 Å². The Morgan fingerprint density at radius 2 is 1.84 bits per heavy atom. The number of fused-ring (bicyclic) bond motifs is 2. The van der Waals surface area contributed by atoms with E-state index in [1.807, 2.05) is 37.3 Å². The molecule has 0 radical (unpaired) electrons. The Labute approximate surface area is 186 Å². The number of halogens is 1. The minimum absolute atomic E-state index is 0.214. The Bertz CT molecular complexity index is 1000. The maximum Gasteiger partial charge on any atom is 0.169 e. The number of hydrogen-bond acceptors (Lipinski definition) is 5. The van der Waals surface area contributed by atoms with Gasteiger partial charge in [0.25, 0.3) is 0 Å². The van der Waals surface area contributed by atoms with Crippen LogP contribution in [0.2, 0.25) is 0 Å². The molecule has 2 aromatic carbocycles. The van der Waals surface area contributed by atoms with E-state index in [1.54, 1.807) is 23.5 Å². The fourth-order valence-corrected chi connectivity index (χ4v) is 5.19. The van der Waals surface area contributed by atoms with E-state index in [-0.39, 0.29) is 5.82 Å². The summed E-state index contributed by atoms with van der Waals surface area (Å²) in [5, 5.41) is 0.922. The summed E-state index contributed by atoms with van der Waals surface area (Å²) in [6.45, 7) is 2.62. The van der Waals surface area contributed by atoms with Crippen LogP contribution in [0.4, 0.5) is 4.39 Å². The van der Waals surface area contributed by atoms with Crippen molar-refractivity contribution in [2.24, 2.45) is 5.92 Å².